The van der Waals surface area contributed by atoms with Gasteiger partial charge >= 0.3 is 0 Å². The van der Waals surface area contributed by atoms with Crippen molar-refractivity contribution in [1.82, 2.24) is 0 Å². The summed E-state index contributed by atoms with van der Waals surface area (Å²) in [5, 5.41) is 0. The van der Waals surface area contributed by atoms with Gasteiger partial charge in [-0.3, -0.25) is 0 Å². The van der Waals surface area contributed by atoms with Crippen LogP contribution in [0.15, 0.2) is 13.6 Å². The molecule has 0 aliphatic carbocycles. The monoisotopic (exact) mass is 353 g/mol. The minimum absolute atomic E-state index is 0.0689. The molecule has 0 bridgehead atoms. The summed E-state index contributed by atoms with van der Waals surface area (Å²) in [6, 6.07) is 2.17. The molecule has 1 fully saturated rings. The van der Waals surface area contributed by atoms with Crippen LogP contribution in [0.4, 0.5) is 0 Å². The third-order valence-corrected chi connectivity index (χ3v) is 5.32. The van der Waals surface area contributed by atoms with Gasteiger partial charge in [-0.05, 0) is 56.8 Å². The molecule has 2 nitrogen and oxygen atoms in total. The Balaban J connectivity index is 2.19. The standard InChI is InChI=1S/C10H13Br2NOS/c1-5-6(2-3-14-5)9(13)7-4-8(11)15-10(7)12/h4-6,9H,2-3,13H2,1H3. The summed E-state index contributed by atoms with van der Waals surface area (Å²) in [7, 11) is 0. The van der Waals surface area contributed by atoms with Crippen LogP contribution >= 0.6 is 43.2 Å². The molecule has 3 atom stereocenters. The highest BCUT2D eigenvalue weighted by atomic mass is 79.9. The molecule has 1 aliphatic heterocycles. The SMILES string of the molecule is CC1OCCC1C(N)c1cc(Br)sc1Br. The van der Waals surface area contributed by atoms with Gasteiger partial charge in [0.15, 0.2) is 0 Å². The maximum absolute atomic E-state index is 6.28. The van der Waals surface area contributed by atoms with Gasteiger partial charge in [0.1, 0.15) is 0 Å². The lowest BCUT2D eigenvalue weighted by atomic mass is 9.90. The van der Waals surface area contributed by atoms with Gasteiger partial charge in [0.2, 0.25) is 0 Å². The number of ether oxygens (including phenoxy) is 1. The summed E-state index contributed by atoms with van der Waals surface area (Å²) in [4.78, 5) is 0. The highest BCUT2D eigenvalue weighted by molar-refractivity contribution is 9.12. The van der Waals surface area contributed by atoms with Crippen LogP contribution in [0.1, 0.15) is 24.9 Å². The average molecular weight is 355 g/mol. The third-order valence-electron chi connectivity index (χ3n) is 2.94. The Kier molecular flexibility index (Phi) is 3.88. The third kappa shape index (κ3) is 2.47. The van der Waals surface area contributed by atoms with Crippen molar-refractivity contribution in [3.8, 4) is 0 Å². The molecule has 0 amide bonds. The summed E-state index contributed by atoms with van der Waals surface area (Å²) in [6.45, 7) is 2.94. The molecule has 2 heterocycles. The molecule has 1 saturated heterocycles. The lowest BCUT2D eigenvalue weighted by Crippen LogP contribution is -2.26. The molecule has 1 aliphatic rings. The maximum atomic E-state index is 6.28. The minimum Gasteiger partial charge on any atom is -0.378 e. The van der Waals surface area contributed by atoms with Crippen molar-refractivity contribution in [3.05, 3.63) is 19.2 Å². The second-order valence-electron chi connectivity index (χ2n) is 3.83. The van der Waals surface area contributed by atoms with E-state index in [2.05, 4.69) is 44.8 Å². The molecular weight excluding hydrogens is 342 g/mol. The van der Waals surface area contributed by atoms with Gasteiger partial charge in [-0.2, -0.15) is 0 Å². The molecule has 2 rings (SSSR count). The van der Waals surface area contributed by atoms with Crippen molar-refractivity contribution >= 4 is 43.2 Å². The summed E-state index contributed by atoms with van der Waals surface area (Å²) in [5.41, 5.74) is 7.47. The molecule has 0 saturated carbocycles. The first-order chi connectivity index (χ1) is 7.09. The zero-order valence-electron chi connectivity index (χ0n) is 8.37. The molecule has 1 aromatic rings. The lowest BCUT2D eigenvalue weighted by molar-refractivity contribution is 0.0995. The Bertz CT molecular complexity index is 355. The number of hydrogen-bond donors (Lipinski definition) is 1. The first-order valence-electron chi connectivity index (χ1n) is 4.91. The minimum atomic E-state index is 0.0689. The number of hydrogen-bond acceptors (Lipinski definition) is 3. The van der Waals surface area contributed by atoms with E-state index in [1.54, 1.807) is 11.3 Å². The van der Waals surface area contributed by atoms with E-state index in [9.17, 15) is 0 Å². The summed E-state index contributed by atoms with van der Waals surface area (Å²) in [6.07, 6.45) is 1.33. The fraction of sp³-hybridized carbons (Fsp3) is 0.600. The summed E-state index contributed by atoms with van der Waals surface area (Å²) in [5.74, 6) is 0.433. The topological polar surface area (TPSA) is 35.2 Å². The molecule has 0 spiro atoms. The van der Waals surface area contributed by atoms with Crippen LogP contribution in [-0.2, 0) is 4.74 Å². The Morgan fingerprint density at radius 2 is 2.33 bits per heavy atom. The second kappa shape index (κ2) is 4.84. The van der Waals surface area contributed by atoms with E-state index in [-0.39, 0.29) is 12.1 Å². The zero-order chi connectivity index (χ0) is 11.0. The van der Waals surface area contributed by atoms with Gasteiger partial charge in [-0.15, -0.1) is 11.3 Å². The van der Waals surface area contributed by atoms with E-state index >= 15 is 0 Å². The first-order valence-corrected chi connectivity index (χ1v) is 7.31. The molecule has 3 unspecified atom stereocenters. The predicted molar refractivity (Wildman–Crippen MR) is 70.2 cm³/mol. The van der Waals surface area contributed by atoms with Crippen LogP contribution in [0.25, 0.3) is 0 Å². The van der Waals surface area contributed by atoms with Crippen molar-refractivity contribution in [3.63, 3.8) is 0 Å². The van der Waals surface area contributed by atoms with Crippen molar-refractivity contribution in [2.24, 2.45) is 11.7 Å². The molecule has 84 valence electrons. The molecule has 0 aromatic carbocycles. The van der Waals surface area contributed by atoms with E-state index in [4.69, 9.17) is 10.5 Å². The van der Waals surface area contributed by atoms with Crippen molar-refractivity contribution in [1.29, 1.82) is 0 Å². The van der Waals surface area contributed by atoms with Crippen LogP contribution in [0, 0.1) is 5.92 Å². The zero-order valence-corrected chi connectivity index (χ0v) is 12.4. The van der Waals surface area contributed by atoms with Crippen molar-refractivity contribution in [2.75, 3.05) is 6.61 Å². The second-order valence-corrected chi connectivity index (χ2v) is 7.58. The van der Waals surface area contributed by atoms with Gasteiger partial charge in [-0.25, -0.2) is 0 Å². The number of halogens is 2. The quantitative estimate of drug-likeness (QED) is 0.878. The van der Waals surface area contributed by atoms with Gasteiger partial charge < -0.3 is 10.5 Å². The van der Waals surface area contributed by atoms with E-state index in [1.165, 1.54) is 5.56 Å². The van der Waals surface area contributed by atoms with Crippen LogP contribution in [0.2, 0.25) is 0 Å². The van der Waals surface area contributed by atoms with Gasteiger partial charge in [-0.1, -0.05) is 0 Å². The van der Waals surface area contributed by atoms with Crippen LogP contribution in [0.3, 0.4) is 0 Å². The Labute approximate surface area is 110 Å². The smallest absolute Gasteiger partial charge is 0.0758 e. The fourth-order valence-corrected chi connectivity index (χ4v) is 4.99. The largest absolute Gasteiger partial charge is 0.378 e. The number of rotatable bonds is 2. The Hall–Kier alpha value is 0.580. The number of thiophene rings is 1. The normalized spacial score (nSPS) is 28.3. The lowest BCUT2D eigenvalue weighted by Gasteiger charge is -2.21. The van der Waals surface area contributed by atoms with Crippen molar-refractivity contribution < 1.29 is 4.74 Å². The van der Waals surface area contributed by atoms with Crippen LogP contribution in [0.5, 0.6) is 0 Å². The molecule has 2 N–H and O–H groups in total. The van der Waals surface area contributed by atoms with Crippen LogP contribution in [-0.4, -0.2) is 12.7 Å². The number of nitrogens with two attached hydrogens (primary N) is 1. The highest BCUT2D eigenvalue weighted by Gasteiger charge is 2.32. The van der Waals surface area contributed by atoms with Gasteiger partial charge in [0.25, 0.3) is 0 Å². The fourth-order valence-electron chi connectivity index (χ4n) is 2.03. The van der Waals surface area contributed by atoms with Gasteiger partial charge in [0, 0.05) is 18.6 Å². The molecule has 1 aromatic heterocycles. The first kappa shape index (κ1) is 12.0. The molecule has 5 heteroatoms. The molecular formula is C10H13Br2NOS. The van der Waals surface area contributed by atoms with Crippen molar-refractivity contribution in [2.45, 2.75) is 25.5 Å². The van der Waals surface area contributed by atoms with E-state index in [1.807, 2.05) is 0 Å². The Morgan fingerprint density at radius 3 is 2.80 bits per heavy atom. The van der Waals surface area contributed by atoms with E-state index in [0.29, 0.717) is 5.92 Å². The summed E-state index contributed by atoms with van der Waals surface area (Å²) < 4.78 is 7.79. The Morgan fingerprint density at radius 1 is 1.60 bits per heavy atom. The molecule has 15 heavy (non-hydrogen) atoms. The predicted octanol–water partition coefficient (Wildman–Crippen LogP) is 3.70. The van der Waals surface area contributed by atoms with Gasteiger partial charge in [0.05, 0.1) is 13.7 Å². The average Bonchev–Trinajstić information content (AvgIpc) is 2.71. The molecule has 0 radical (unpaired) electrons. The van der Waals surface area contributed by atoms with E-state index in [0.717, 1.165) is 20.6 Å². The summed E-state index contributed by atoms with van der Waals surface area (Å²) >= 11 is 8.70. The van der Waals surface area contributed by atoms with E-state index < -0.39 is 0 Å². The maximum Gasteiger partial charge on any atom is 0.0758 e. The highest BCUT2D eigenvalue weighted by Crippen LogP contribution is 2.40. The van der Waals surface area contributed by atoms with Crippen LogP contribution < -0.4 is 5.73 Å².